The summed E-state index contributed by atoms with van der Waals surface area (Å²) in [6.07, 6.45) is -1.56. The zero-order valence-electron chi connectivity index (χ0n) is 43.7. The summed E-state index contributed by atoms with van der Waals surface area (Å²) in [5, 5.41) is 39.4. The molecule has 18 N–H and O–H groups in total. The first kappa shape index (κ1) is 66.8. The number of rotatable bonds is 35. The van der Waals surface area contributed by atoms with Gasteiger partial charge in [-0.15, -0.1) is 0 Å². The van der Waals surface area contributed by atoms with Gasteiger partial charge in [-0.2, -0.15) is 12.6 Å². The van der Waals surface area contributed by atoms with Crippen molar-refractivity contribution in [1.29, 1.82) is 0 Å². The predicted molar refractivity (Wildman–Crippen MR) is 274 cm³/mol. The summed E-state index contributed by atoms with van der Waals surface area (Å²) in [4.78, 5) is 149. The van der Waals surface area contributed by atoms with Crippen molar-refractivity contribution in [3.05, 3.63) is 0 Å². The maximum atomic E-state index is 14.0. The highest BCUT2D eigenvalue weighted by Crippen LogP contribution is 2.13. The summed E-state index contributed by atoms with van der Waals surface area (Å²) >= 11 is 4.23. The summed E-state index contributed by atoms with van der Waals surface area (Å²) in [6, 6.07) is -12.0. The van der Waals surface area contributed by atoms with Crippen LogP contribution < -0.4 is 65.5 Å². The molecular weight excluding hydrogens is 975 g/mol. The minimum Gasteiger partial charge on any atom is -0.481 e. The number of carbonyl (C=O) groups excluding carboxylic acids is 9. The van der Waals surface area contributed by atoms with E-state index in [9.17, 15) is 63.0 Å². The van der Waals surface area contributed by atoms with Gasteiger partial charge in [-0.3, -0.25) is 52.9 Å². The number of hydrogen-bond acceptors (Lipinski definition) is 14. The summed E-state index contributed by atoms with van der Waals surface area (Å²) < 4.78 is 0. The normalized spacial score (nSPS) is 15.0. The molecule has 0 aliphatic carbocycles. The van der Waals surface area contributed by atoms with Crippen LogP contribution >= 0.6 is 12.6 Å². The van der Waals surface area contributed by atoms with Crippen molar-refractivity contribution >= 4 is 83.7 Å². The first-order chi connectivity index (χ1) is 33.8. The lowest BCUT2D eigenvalue weighted by Crippen LogP contribution is -2.61. The highest BCUT2D eigenvalue weighted by Gasteiger charge is 2.36. The van der Waals surface area contributed by atoms with Crippen LogP contribution in [-0.4, -0.2) is 148 Å². The van der Waals surface area contributed by atoms with E-state index in [2.05, 4.69) is 60.2 Å². The quantitative estimate of drug-likeness (QED) is 0.0134. The van der Waals surface area contributed by atoms with Crippen molar-refractivity contribution in [2.24, 2.45) is 57.5 Å². The molecule has 0 aromatic rings. The van der Waals surface area contributed by atoms with Gasteiger partial charge in [0.2, 0.25) is 53.2 Å². The van der Waals surface area contributed by atoms with Crippen LogP contribution in [0.2, 0.25) is 0 Å². The largest absolute Gasteiger partial charge is 0.481 e. The van der Waals surface area contributed by atoms with Crippen molar-refractivity contribution in [1.82, 2.24) is 42.5 Å². The zero-order valence-corrected chi connectivity index (χ0v) is 44.6. The van der Waals surface area contributed by atoms with E-state index in [1.54, 1.807) is 55.4 Å². The average molecular weight is 1060 g/mol. The molecule has 0 unspecified atom stereocenters. The topological polar surface area (TPSA) is 441 Å². The van der Waals surface area contributed by atoms with E-state index in [0.29, 0.717) is 0 Å². The van der Waals surface area contributed by atoms with Gasteiger partial charge < -0.3 is 75.7 Å². The minimum atomic E-state index is -1.61. The summed E-state index contributed by atoms with van der Waals surface area (Å²) in [5.41, 5.74) is 22.2. The van der Waals surface area contributed by atoms with Crippen molar-refractivity contribution < 1.29 is 63.0 Å². The Labute approximate surface area is 432 Å². The molecule has 0 rings (SSSR count). The lowest BCUT2D eigenvalue weighted by Gasteiger charge is -2.29. The number of carbonyl (C=O) groups is 11. The fourth-order valence-corrected chi connectivity index (χ4v) is 7.20. The third-order valence-electron chi connectivity index (χ3n) is 11.2. The van der Waals surface area contributed by atoms with E-state index < -0.39 is 144 Å². The van der Waals surface area contributed by atoms with Gasteiger partial charge in [-0.25, -0.2) is 4.79 Å². The summed E-state index contributed by atoms with van der Waals surface area (Å²) in [5.74, 6) is -12.8. The number of carboxylic acids is 2. The second kappa shape index (κ2) is 33.5. The Morgan fingerprint density at radius 1 is 0.466 bits per heavy atom. The molecule has 27 heteroatoms. The van der Waals surface area contributed by atoms with E-state index in [1.807, 2.05) is 13.8 Å². The molecule has 73 heavy (non-hydrogen) atoms. The van der Waals surface area contributed by atoms with Crippen molar-refractivity contribution in [3.63, 3.8) is 0 Å². The van der Waals surface area contributed by atoms with E-state index in [4.69, 9.17) is 22.9 Å². The molecule has 0 fully saturated rings. The van der Waals surface area contributed by atoms with E-state index in [1.165, 1.54) is 0 Å². The molecule has 0 aliphatic rings. The number of nitrogens with one attached hydrogen (secondary N) is 8. The van der Waals surface area contributed by atoms with Gasteiger partial charge in [0, 0.05) is 25.1 Å². The number of carboxylic acid groups (broad SMARTS) is 2. The molecule has 0 radical (unpaired) electrons. The predicted octanol–water partition coefficient (Wildman–Crippen LogP) is -2.55. The molecule has 0 bridgehead atoms. The number of guanidine groups is 1. The van der Waals surface area contributed by atoms with Crippen LogP contribution in [0.15, 0.2) is 4.99 Å². The van der Waals surface area contributed by atoms with Crippen LogP contribution in [-0.2, 0) is 52.7 Å². The molecule has 0 heterocycles. The van der Waals surface area contributed by atoms with Crippen LogP contribution in [0.5, 0.6) is 0 Å². The Kier molecular flexibility index (Phi) is 30.6. The Hall–Kier alpha value is -6.25. The first-order valence-electron chi connectivity index (χ1n) is 24.4. The van der Waals surface area contributed by atoms with Crippen LogP contribution in [0.25, 0.3) is 0 Å². The monoisotopic (exact) mass is 1060 g/mol. The number of thiol groups is 1. The van der Waals surface area contributed by atoms with E-state index >= 15 is 0 Å². The Balaban J connectivity index is 6.63. The van der Waals surface area contributed by atoms with Gasteiger partial charge in [0.25, 0.3) is 0 Å². The minimum absolute atomic E-state index is 0.0397. The number of primary amides is 1. The number of hydrogen-bond donors (Lipinski definition) is 15. The van der Waals surface area contributed by atoms with Crippen LogP contribution in [0.4, 0.5) is 0 Å². The lowest BCUT2D eigenvalue weighted by molar-refractivity contribution is -0.143. The maximum Gasteiger partial charge on any atom is 0.326 e. The molecule has 26 nitrogen and oxygen atoms in total. The molecule has 0 spiro atoms. The number of nitrogens with zero attached hydrogens (tertiary/aromatic N) is 1. The number of nitrogens with two attached hydrogens (primary N) is 4. The standard InChI is InChI=1S/C46H83N13O13S/c1-21(2)18-29(55-42(68)31(20-73)57-37(63)27(13-15-32(47)60)52-41(67)30(19-22(3)4)56-43(69)34(48)23(5)6)40(66)53-28(14-16-33(61)62)39(65)58-35(24(7)8)44(70)54-26(12-11-17-51-46(49)50)38(64)59-36(25(9)10)45(71)72/h21-31,34-36,73H,11-20,48H2,1-10H3,(H2,47,60)(H,52,67)(H,53,66)(H,54,70)(H,55,68)(H,56,69)(H,57,63)(H,58,65)(H,59,64)(H,61,62)(H,71,72)(H4,49,50,51)/t26-,27-,28-,29-,30-,31-,34-,35-,36-/m0/s1. The van der Waals surface area contributed by atoms with Crippen LogP contribution in [0, 0.1) is 29.6 Å². The van der Waals surface area contributed by atoms with Crippen molar-refractivity contribution in [2.75, 3.05) is 12.3 Å². The fourth-order valence-electron chi connectivity index (χ4n) is 6.94. The molecule has 416 valence electrons. The van der Waals surface area contributed by atoms with E-state index in [0.717, 1.165) is 0 Å². The zero-order chi connectivity index (χ0) is 56.4. The third-order valence-corrected chi connectivity index (χ3v) is 11.5. The second-order valence-electron chi connectivity index (χ2n) is 19.8. The average Bonchev–Trinajstić information content (AvgIpc) is 3.27. The Morgan fingerprint density at radius 2 is 0.836 bits per heavy atom. The molecule has 9 atom stereocenters. The number of amides is 9. The van der Waals surface area contributed by atoms with Crippen molar-refractivity contribution in [2.45, 2.75) is 175 Å². The van der Waals surface area contributed by atoms with Crippen LogP contribution in [0.3, 0.4) is 0 Å². The van der Waals surface area contributed by atoms with Gasteiger partial charge in [0.05, 0.1) is 6.04 Å². The first-order valence-corrected chi connectivity index (χ1v) is 25.0. The molecule has 0 saturated heterocycles. The van der Waals surface area contributed by atoms with E-state index in [-0.39, 0.29) is 74.5 Å². The molecule has 0 saturated carbocycles. The second-order valence-corrected chi connectivity index (χ2v) is 20.1. The molecular formula is C46H83N13O13S. The highest BCUT2D eigenvalue weighted by atomic mass is 32.1. The van der Waals surface area contributed by atoms with Gasteiger partial charge in [0.1, 0.15) is 48.3 Å². The van der Waals surface area contributed by atoms with Gasteiger partial charge in [-0.05, 0) is 68.1 Å². The molecule has 9 amide bonds. The van der Waals surface area contributed by atoms with Gasteiger partial charge >= 0.3 is 11.9 Å². The highest BCUT2D eigenvalue weighted by molar-refractivity contribution is 7.80. The Morgan fingerprint density at radius 3 is 1.23 bits per heavy atom. The Bertz CT molecular complexity index is 1930. The number of aliphatic imine (C=N–C) groups is 1. The van der Waals surface area contributed by atoms with Crippen molar-refractivity contribution in [3.8, 4) is 0 Å². The lowest BCUT2D eigenvalue weighted by atomic mass is 9.99. The molecule has 0 aliphatic heterocycles. The van der Waals surface area contributed by atoms with Gasteiger partial charge in [0.15, 0.2) is 5.96 Å². The fraction of sp³-hybridized carbons (Fsp3) is 0.739. The number of aliphatic carboxylic acids is 2. The maximum absolute atomic E-state index is 14.0. The van der Waals surface area contributed by atoms with Crippen LogP contribution in [0.1, 0.15) is 121 Å². The molecule has 0 aromatic carbocycles. The van der Waals surface area contributed by atoms with Gasteiger partial charge in [-0.1, -0.05) is 69.2 Å². The summed E-state index contributed by atoms with van der Waals surface area (Å²) in [6.45, 7) is 16.9. The smallest absolute Gasteiger partial charge is 0.326 e. The SMILES string of the molecule is CC(C)C[C@H](NC(=O)[C@H](CS)NC(=O)[C@H](CCC(N)=O)NC(=O)[C@H](CC(C)C)NC(=O)[C@@H](N)C(C)C)C(=O)N[C@@H](CCC(=O)O)C(=O)N[C@H](C(=O)N[C@@H](CCCN=C(N)N)C(=O)N[C@H](C(=O)O)C(C)C)C(C)C. The third kappa shape index (κ3) is 26.3. The summed E-state index contributed by atoms with van der Waals surface area (Å²) in [7, 11) is 0. The molecule has 0 aromatic heterocycles.